The molecule has 27 heavy (non-hydrogen) atoms. The van der Waals surface area contributed by atoms with Crippen LogP contribution in [0.2, 0.25) is 0 Å². The molecule has 9 heteroatoms. The van der Waals surface area contributed by atoms with Crippen molar-refractivity contribution in [2.45, 2.75) is 18.4 Å². The van der Waals surface area contributed by atoms with Gasteiger partial charge in [-0.15, -0.1) is 11.3 Å². The number of nitrogens with zero attached hydrogens (tertiary/aromatic N) is 3. The number of thiazole rings is 1. The van der Waals surface area contributed by atoms with Crippen molar-refractivity contribution in [1.29, 1.82) is 0 Å². The van der Waals surface area contributed by atoms with Crippen molar-refractivity contribution in [2.24, 2.45) is 0 Å². The van der Waals surface area contributed by atoms with E-state index in [9.17, 15) is 9.59 Å². The number of nitrogens with one attached hydrogen (secondary N) is 2. The molecule has 1 fully saturated rings. The molecule has 2 aromatic rings. The summed E-state index contributed by atoms with van der Waals surface area (Å²) >= 11 is 1.45. The van der Waals surface area contributed by atoms with Gasteiger partial charge in [-0.05, 0) is 25.0 Å². The lowest BCUT2D eigenvalue weighted by Gasteiger charge is -2.41. The van der Waals surface area contributed by atoms with E-state index in [-0.39, 0.29) is 11.8 Å². The van der Waals surface area contributed by atoms with Gasteiger partial charge in [-0.3, -0.25) is 14.6 Å². The number of anilines is 1. The van der Waals surface area contributed by atoms with Crippen molar-refractivity contribution in [3.05, 3.63) is 41.7 Å². The summed E-state index contributed by atoms with van der Waals surface area (Å²) in [5.41, 5.74) is -0.380. The molecule has 0 unspecified atom stereocenters. The molecule has 0 radical (unpaired) electrons. The molecule has 8 nitrogen and oxygen atoms in total. The van der Waals surface area contributed by atoms with Crippen LogP contribution >= 0.6 is 11.3 Å². The van der Waals surface area contributed by atoms with Gasteiger partial charge in [-0.1, -0.05) is 6.07 Å². The number of methoxy groups -OCH3 is 1. The molecule has 2 N–H and O–H groups in total. The van der Waals surface area contributed by atoms with Crippen LogP contribution in [0.5, 0.6) is 0 Å². The summed E-state index contributed by atoms with van der Waals surface area (Å²) in [7, 11) is 1.59. The summed E-state index contributed by atoms with van der Waals surface area (Å²) in [4.78, 5) is 35.6. The number of ether oxygens (including phenoxy) is 1. The van der Waals surface area contributed by atoms with Crippen LogP contribution in [-0.2, 0) is 9.53 Å². The smallest absolute Gasteiger partial charge is 0.272 e. The number of carbonyl (C=O) groups is 2. The van der Waals surface area contributed by atoms with E-state index in [0.717, 1.165) is 0 Å². The van der Waals surface area contributed by atoms with Crippen LogP contribution in [-0.4, -0.2) is 65.6 Å². The van der Waals surface area contributed by atoms with E-state index >= 15 is 0 Å². The van der Waals surface area contributed by atoms with Gasteiger partial charge in [0.2, 0.25) is 5.91 Å². The molecule has 1 saturated heterocycles. The highest BCUT2D eigenvalue weighted by atomic mass is 32.1. The fourth-order valence-corrected chi connectivity index (χ4v) is 3.70. The van der Waals surface area contributed by atoms with E-state index in [2.05, 4.69) is 20.6 Å². The third kappa shape index (κ3) is 4.61. The Balaban J connectivity index is 1.70. The molecule has 1 aliphatic rings. The first-order valence-electron chi connectivity index (χ1n) is 8.80. The first-order chi connectivity index (χ1) is 13.1. The Hall–Kier alpha value is -2.52. The summed E-state index contributed by atoms with van der Waals surface area (Å²) in [6, 6.07) is 5.28. The minimum atomic E-state index is -0.799. The quantitative estimate of drug-likeness (QED) is 0.695. The van der Waals surface area contributed by atoms with Gasteiger partial charge in [-0.2, -0.15) is 0 Å². The van der Waals surface area contributed by atoms with Crippen molar-refractivity contribution in [3.8, 4) is 0 Å². The molecule has 1 aliphatic heterocycles. The fourth-order valence-electron chi connectivity index (χ4n) is 3.08. The van der Waals surface area contributed by atoms with Crippen molar-refractivity contribution in [2.75, 3.05) is 38.7 Å². The zero-order valence-corrected chi connectivity index (χ0v) is 16.0. The topological polar surface area (TPSA) is 96.5 Å². The molecule has 0 bridgehead atoms. The Kier molecular flexibility index (Phi) is 6.36. The predicted octanol–water partition coefficient (Wildman–Crippen LogP) is 1.39. The highest BCUT2D eigenvalue weighted by Gasteiger charge is 2.43. The maximum Gasteiger partial charge on any atom is 0.272 e. The van der Waals surface area contributed by atoms with Gasteiger partial charge in [0.1, 0.15) is 11.2 Å². The summed E-state index contributed by atoms with van der Waals surface area (Å²) in [6.45, 7) is 1.81. The van der Waals surface area contributed by atoms with E-state index in [0.29, 0.717) is 49.9 Å². The van der Waals surface area contributed by atoms with Crippen LogP contribution in [0.3, 0.4) is 0 Å². The van der Waals surface area contributed by atoms with Gasteiger partial charge in [0, 0.05) is 44.5 Å². The number of piperidine rings is 1. The Morgan fingerprint density at radius 1 is 1.26 bits per heavy atom. The van der Waals surface area contributed by atoms with E-state index in [1.54, 1.807) is 42.6 Å². The van der Waals surface area contributed by atoms with Crippen LogP contribution in [0.15, 0.2) is 36.0 Å². The van der Waals surface area contributed by atoms with Crippen LogP contribution in [0.1, 0.15) is 23.3 Å². The minimum Gasteiger partial charge on any atom is -0.383 e. The maximum absolute atomic E-state index is 12.9. The Labute approximate surface area is 162 Å². The monoisotopic (exact) mass is 389 g/mol. The average molecular weight is 389 g/mol. The zero-order valence-electron chi connectivity index (χ0n) is 15.2. The second kappa shape index (κ2) is 8.92. The largest absolute Gasteiger partial charge is 0.383 e. The lowest BCUT2D eigenvalue weighted by molar-refractivity contribution is -0.127. The highest BCUT2D eigenvalue weighted by Crippen LogP contribution is 2.29. The molecule has 2 amide bonds. The minimum absolute atomic E-state index is 0.0975. The van der Waals surface area contributed by atoms with E-state index in [1.807, 2.05) is 5.38 Å². The third-order valence-electron chi connectivity index (χ3n) is 4.59. The normalized spacial score (nSPS) is 16.0. The SMILES string of the molecule is COCCNC(=O)C1(Nc2nccs2)CCN(C(=O)c2ccccn2)CC1. The molecule has 144 valence electrons. The van der Waals surface area contributed by atoms with Crippen molar-refractivity contribution in [3.63, 3.8) is 0 Å². The van der Waals surface area contributed by atoms with E-state index in [1.165, 1.54) is 11.3 Å². The van der Waals surface area contributed by atoms with Crippen molar-refractivity contribution < 1.29 is 14.3 Å². The van der Waals surface area contributed by atoms with E-state index < -0.39 is 5.54 Å². The molecule has 2 aromatic heterocycles. The number of hydrogen-bond donors (Lipinski definition) is 2. The number of pyridine rings is 1. The molecule has 3 rings (SSSR count). The van der Waals surface area contributed by atoms with Crippen molar-refractivity contribution in [1.82, 2.24) is 20.2 Å². The lowest BCUT2D eigenvalue weighted by Crippen LogP contribution is -2.59. The highest BCUT2D eigenvalue weighted by molar-refractivity contribution is 7.13. The summed E-state index contributed by atoms with van der Waals surface area (Å²) in [5, 5.41) is 8.77. The number of amides is 2. The van der Waals surface area contributed by atoms with Gasteiger partial charge in [-0.25, -0.2) is 4.98 Å². The zero-order chi connectivity index (χ0) is 19.1. The van der Waals surface area contributed by atoms with E-state index in [4.69, 9.17) is 4.74 Å². The fraction of sp³-hybridized carbons (Fsp3) is 0.444. The number of aromatic nitrogens is 2. The summed E-state index contributed by atoms with van der Waals surface area (Å²) in [5.74, 6) is -0.210. The van der Waals surface area contributed by atoms with Gasteiger partial charge in [0.05, 0.1) is 6.61 Å². The van der Waals surface area contributed by atoms with Gasteiger partial charge >= 0.3 is 0 Å². The molecule has 3 heterocycles. The number of carbonyl (C=O) groups excluding carboxylic acids is 2. The second-order valence-corrected chi connectivity index (χ2v) is 7.19. The van der Waals surface area contributed by atoms with Gasteiger partial charge in [0.25, 0.3) is 5.91 Å². The molecular formula is C18H23N5O3S. The Morgan fingerprint density at radius 3 is 2.70 bits per heavy atom. The predicted molar refractivity (Wildman–Crippen MR) is 103 cm³/mol. The number of rotatable bonds is 7. The Morgan fingerprint density at radius 2 is 2.07 bits per heavy atom. The van der Waals surface area contributed by atoms with Gasteiger partial charge in [0.15, 0.2) is 5.13 Å². The molecular weight excluding hydrogens is 366 g/mol. The number of likely N-dealkylation sites (tertiary alicyclic amines) is 1. The summed E-state index contributed by atoms with van der Waals surface area (Å²) < 4.78 is 5.01. The molecule has 0 spiro atoms. The maximum atomic E-state index is 12.9. The van der Waals surface area contributed by atoms with Crippen molar-refractivity contribution >= 4 is 28.3 Å². The number of hydrogen-bond acceptors (Lipinski definition) is 7. The van der Waals surface area contributed by atoms with Crippen LogP contribution in [0.25, 0.3) is 0 Å². The first kappa shape index (κ1) is 19.2. The first-order valence-corrected chi connectivity index (χ1v) is 9.68. The van der Waals surface area contributed by atoms with Crippen LogP contribution in [0, 0.1) is 0 Å². The molecule has 0 atom stereocenters. The second-order valence-electron chi connectivity index (χ2n) is 6.30. The third-order valence-corrected chi connectivity index (χ3v) is 5.28. The van der Waals surface area contributed by atoms with Crippen LogP contribution < -0.4 is 10.6 Å². The molecule has 0 aliphatic carbocycles. The van der Waals surface area contributed by atoms with Crippen LogP contribution in [0.4, 0.5) is 5.13 Å². The van der Waals surface area contributed by atoms with Gasteiger partial charge < -0.3 is 20.3 Å². The standard InChI is InChI=1S/C18H23N5O3S/c1-26-12-8-20-16(25)18(22-17-21-9-13-27-17)5-10-23(11-6-18)15(24)14-4-2-3-7-19-14/h2-4,7,9,13H,5-6,8,10-12H2,1H3,(H,20,25)(H,21,22). The average Bonchev–Trinajstić information content (AvgIpc) is 3.21. The Bertz CT molecular complexity index is 746. The molecule has 0 aromatic carbocycles. The molecule has 0 saturated carbocycles. The lowest BCUT2D eigenvalue weighted by atomic mass is 9.86. The summed E-state index contributed by atoms with van der Waals surface area (Å²) in [6.07, 6.45) is 4.28.